The van der Waals surface area contributed by atoms with Crippen molar-refractivity contribution in [2.24, 2.45) is 0 Å². The normalized spacial score (nSPS) is 14.9. The van der Waals surface area contributed by atoms with E-state index in [1.807, 2.05) is 41.1 Å². The Kier molecular flexibility index (Phi) is 6.77. The van der Waals surface area contributed by atoms with Gasteiger partial charge >= 0.3 is 0 Å². The van der Waals surface area contributed by atoms with E-state index >= 15 is 0 Å². The van der Waals surface area contributed by atoms with Crippen molar-refractivity contribution in [2.75, 3.05) is 0 Å². The first-order valence-corrected chi connectivity index (χ1v) is 12.9. The van der Waals surface area contributed by atoms with Gasteiger partial charge in [-0.15, -0.1) is 0 Å². The van der Waals surface area contributed by atoms with Gasteiger partial charge < -0.3 is 5.32 Å². The highest BCUT2D eigenvalue weighted by Crippen LogP contribution is 2.26. The van der Waals surface area contributed by atoms with Crippen molar-refractivity contribution in [1.82, 2.24) is 10.0 Å². The van der Waals surface area contributed by atoms with E-state index in [-0.39, 0.29) is 22.9 Å². The number of hydrogen-bond acceptors (Lipinski definition) is 4. The molecule has 2 N–H and O–H groups in total. The van der Waals surface area contributed by atoms with Gasteiger partial charge in [0.25, 0.3) is 0 Å². The number of carbonyl (C=O) groups excluding carboxylic acids is 1. The first-order valence-electron chi connectivity index (χ1n) is 10.1. The fourth-order valence-electron chi connectivity index (χ4n) is 3.27. The molecule has 0 radical (unpaired) electrons. The summed E-state index contributed by atoms with van der Waals surface area (Å²) in [7, 11) is -3.46. The van der Waals surface area contributed by atoms with Crippen LogP contribution < -0.4 is 10.0 Å². The molecule has 1 aliphatic carbocycles. The van der Waals surface area contributed by atoms with Gasteiger partial charge in [0.05, 0.1) is 10.9 Å². The fourth-order valence-corrected chi connectivity index (χ4v) is 5.39. The minimum absolute atomic E-state index is 0.0711. The first kappa shape index (κ1) is 22.0. The van der Waals surface area contributed by atoms with Gasteiger partial charge in [0.2, 0.25) is 15.9 Å². The molecular weight excluding hydrogens is 452 g/mol. The largest absolute Gasteiger partial charge is 0.345 e. The van der Waals surface area contributed by atoms with Gasteiger partial charge in [-0.25, -0.2) is 13.1 Å². The molecule has 31 heavy (non-hydrogen) atoms. The van der Waals surface area contributed by atoms with Crippen LogP contribution in [-0.2, 0) is 21.2 Å². The second-order valence-electron chi connectivity index (χ2n) is 7.65. The molecule has 0 aliphatic heterocycles. The van der Waals surface area contributed by atoms with Crippen LogP contribution in [0.25, 0.3) is 0 Å². The predicted molar refractivity (Wildman–Crippen MR) is 124 cm³/mol. The summed E-state index contributed by atoms with van der Waals surface area (Å²) in [5.41, 5.74) is 2.91. The molecule has 1 atom stereocenters. The highest BCUT2D eigenvalue weighted by Gasteiger charge is 2.27. The highest BCUT2D eigenvalue weighted by molar-refractivity contribution is 7.89. The van der Waals surface area contributed by atoms with Crippen LogP contribution in [0.1, 0.15) is 42.0 Å². The summed E-state index contributed by atoms with van der Waals surface area (Å²) >= 11 is 7.59. The van der Waals surface area contributed by atoms with Crippen molar-refractivity contribution < 1.29 is 13.2 Å². The van der Waals surface area contributed by atoms with E-state index in [4.69, 9.17) is 11.6 Å². The van der Waals surface area contributed by atoms with Gasteiger partial charge in [0.15, 0.2) is 0 Å². The molecule has 1 aliphatic rings. The maximum absolute atomic E-state index is 12.7. The van der Waals surface area contributed by atoms with Gasteiger partial charge in [-0.3, -0.25) is 4.79 Å². The lowest BCUT2D eigenvalue weighted by Crippen LogP contribution is -2.29. The number of sulfonamides is 1. The summed E-state index contributed by atoms with van der Waals surface area (Å²) in [4.78, 5) is 12.9. The summed E-state index contributed by atoms with van der Waals surface area (Å²) in [6.07, 6.45) is 2.63. The van der Waals surface area contributed by atoms with Gasteiger partial charge in [-0.1, -0.05) is 35.9 Å². The van der Waals surface area contributed by atoms with Crippen LogP contribution in [0.2, 0.25) is 5.02 Å². The molecule has 4 rings (SSSR count). The summed E-state index contributed by atoms with van der Waals surface area (Å²) in [5.74, 6) is -0.0711. The van der Waals surface area contributed by atoms with Crippen LogP contribution in [0.3, 0.4) is 0 Å². The van der Waals surface area contributed by atoms with Gasteiger partial charge in [-0.05, 0) is 77.0 Å². The van der Waals surface area contributed by atoms with E-state index in [0.29, 0.717) is 17.9 Å². The number of rotatable bonds is 9. The van der Waals surface area contributed by atoms with Gasteiger partial charge in [0, 0.05) is 17.5 Å². The Bertz CT molecular complexity index is 1120. The minimum atomic E-state index is -3.46. The van der Waals surface area contributed by atoms with Crippen LogP contribution in [0.4, 0.5) is 0 Å². The van der Waals surface area contributed by atoms with Crippen LogP contribution in [0.5, 0.6) is 0 Å². The number of thiophene rings is 1. The molecule has 5 nitrogen and oxygen atoms in total. The Balaban J connectivity index is 1.37. The number of hydrogen-bond donors (Lipinski definition) is 2. The average Bonchev–Trinajstić information content (AvgIpc) is 3.39. The van der Waals surface area contributed by atoms with Crippen molar-refractivity contribution >= 4 is 38.9 Å². The second-order valence-corrected chi connectivity index (χ2v) is 10.6. The van der Waals surface area contributed by atoms with Crippen molar-refractivity contribution in [3.8, 4) is 0 Å². The van der Waals surface area contributed by atoms with Crippen LogP contribution in [0, 0.1) is 0 Å². The number of amides is 1. The zero-order valence-corrected chi connectivity index (χ0v) is 19.1. The van der Waals surface area contributed by atoms with Crippen molar-refractivity contribution in [2.45, 2.75) is 42.7 Å². The molecule has 1 amide bonds. The predicted octanol–water partition coefficient (Wildman–Crippen LogP) is 4.68. The number of benzene rings is 2. The monoisotopic (exact) mass is 474 g/mol. The standard InChI is InChI=1S/C23H23ClN2O3S2/c24-19-6-4-17(5-7-19)23(18-13-14-30-15-18)25-22(27)12-3-16-1-10-21(11-2-16)31(28,29)26-20-8-9-20/h1-2,4-7,10-11,13-15,20,23,26H,3,8-9,12H2,(H,25,27). The number of halogens is 1. The Morgan fingerprint density at radius 1 is 1.03 bits per heavy atom. The number of carbonyl (C=O) groups is 1. The maximum atomic E-state index is 12.7. The molecule has 0 spiro atoms. The Morgan fingerprint density at radius 2 is 1.74 bits per heavy atom. The van der Waals surface area contributed by atoms with E-state index in [1.54, 1.807) is 35.6 Å². The van der Waals surface area contributed by atoms with Crippen LogP contribution >= 0.6 is 22.9 Å². The second kappa shape index (κ2) is 9.53. The van der Waals surface area contributed by atoms with E-state index in [9.17, 15) is 13.2 Å². The third kappa shape index (κ3) is 5.95. The Hall–Kier alpha value is -2.19. The minimum Gasteiger partial charge on any atom is -0.345 e. The molecule has 162 valence electrons. The molecule has 1 saturated carbocycles. The van der Waals surface area contributed by atoms with E-state index in [1.165, 1.54) is 0 Å². The topological polar surface area (TPSA) is 75.3 Å². The molecule has 1 aromatic heterocycles. The first-order chi connectivity index (χ1) is 14.9. The molecule has 3 aromatic rings. The number of nitrogens with one attached hydrogen (secondary N) is 2. The van der Waals surface area contributed by atoms with Crippen LogP contribution in [0.15, 0.2) is 70.3 Å². The lowest BCUT2D eigenvalue weighted by molar-refractivity contribution is -0.121. The quantitative estimate of drug-likeness (QED) is 0.472. The third-order valence-electron chi connectivity index (χ3n) is 5.16. The van der Waals surface area contributed by atoms with Gasteiger partial charge in [-0.2, -0.15) is 11.3 Å². The number of aryl methyl sites for hydroxylation is 1. The molecule has 8 heteroatoms. The Morgan fingerprint density at radius 3 is 2.35 bits per heavy atom. The molecular formula is C23H23ClN2O3S2. The highest BCUT2D eigenvalue weighted by atomic mass is 35.5. The Labute approximate surface area is 191 Å². The van der Waals surface area contributed by atoms with E-state index < -0.39 is 10.0 Å². The van der Waals surface area contributed by atoms with Crippen molar-refractivity contribution in [3.63, 3.8) is 0 Å². The molecule has 0 bridgehead atoms. The van der Waals surface area contributed by atoms with E-state index in [0.717, 1.165) is 29.5 Å². The lowest BCUT2D eigenvalue weighted by Gasteiger charge is -2.19. The zero-order valence-electron chi connectivity index (χ0n) is 16.8. The van der Waals surface area contributed by atoms with Crippen LogP contribution in [-0.4, -0.2) is 20.4 Å². The smallest absolute Gasteiger partial charge is 0.240 e. The lowest BCUT2D eigenvalue weighted by atomic mass is 10.0. The molecule has 2 aromatic carbocycles. The maximum Gasteiger partial charge on any atom is 0.240 e. The van der Waals surface area contributed by atoms with Crippen molar-refractivity contribution in [1.29, 1.82) is 0 Å². The summed E-state index contributed by atoms with van der Waals surface area (Å²) in [5, 5.41) is 7.76. The molecule has 1 fully saturated rings. The van der Waals surface area contributed by atoms with Gasteiger partial charge in [0.1, 0.15) is 0 Å². The molecule has 1 unspecified atom stereocenters. The van der Waals surface area contributed by atoms with E-state index in [2.05, 4.69) is 10.0 Å². The summed E-state index contributed by atoms with van der Waals surface area (Å²) in [6.45, 7) is 0. The average molecular weight is 475 g/mol. The molecule has 1 heterocycles. The fraction of sp³-hybridized carbons (Fsp3) is 0.261. The summed E-state index contributed by atoms with van der Waals surface area (Å²) < 4.78 is 27.2. The SMILES string of the molecule is O=C(CCc1ccc(S(=O)(=O)NC2CC2)cc1)NC(c1ccc(Cl)cc1)c1ccsc1. The summed E-state index contributed by atoms with van der Waals surface area (Å²) in [6, 6.07) is 16.0. The van der Waals surface area contributed by atoms with Crippen molar-refractivity contribution in [3.05, 3.63) is 87.1 Å². The third-order valence-corrected chi connectivity index (χ3v) is 7.65. The zero-order chi connectivity index (χ0) is 21.8. The molecule has 0 saturated heterocycles.